The highest BCUT2D eigenvalue weighted by Gasteiger charge is 2.18. The minimum Gasteiger partial charge on any atom is -0.368 e. The van der Waals surface area contributed by atoms with E-state index in [0.29, 0.717) is 12.4 Å². The fraction of sp³-hybridized carbons (Fsp3) is 0.174. The van der Waals surface area contributed by atoms with Crippen LogP contribution in [-0.2, 0) is 0 Å². The maximum atomic E-state index is 6.46. The van der Waals surface area contributed by atoms with E-state index in [0.717, 1.165) is 32.9 Å². The quantitative estimate of drug-likeness (QED) is 0.487. The summed E-state index contributed by atoms with van der Waals surface area (Å²) < 4.78 is 0. The van der Waals surface area contributed by atoms with E-state index < -0.39 is 0 Å². The zero-order chi connectivity index (χ0) is 20.2. The van der Waals surface area contributed by atoms with E-state index in [1.165, 1.54) is 0 Å². The Balaban J connectivity index is 1.70. The number of halogens is 1. The van der Waals surface area contributed by atoms with Gasteiger partial charge in [0.1, 0.15) is 5.82 Å². The van der Waals surface area contributed by atoms with Crippen LogP contribution in [0.3, 0.4) is 0 Å². The zero-order valence-electron chi connectivity index (χ0n) is 16.4. The van der Waals surface area contributed by atoms with Crippen LogP contribution in [-0.4, -0.2) is 40.5 Å². The van der Waals surface area contributed by atoms with E-state index >= 15 is 0 Å². The molecule has 0 spiro atoms. The van der Waals surface area contributed by atoms with Crippen molar-refractivity contribution < 1.29 is 0 Å². The van der Waals surface area contributed by atoms with E-state index in [9.17, 15) is 0 Å². The molecule has 0 saturated carbocycles. The van der Waals surface area contributed by atoms with Crippen LogP contribution in [0.4, 0.5) is 5.82 Å². The van der Waals surface area contributed by atoms with Crippen LogP contribution in [0.2, 0.25) is 5.02 Å². The molecule has 0 amide bonds. The molecule has 0 radical (unpaired) electrons. The molecule has 0 bridgehead atoms. The number of pyridine rings is 1. The van der Waals surface area contributed by atoms with Crippen molar-refractivity contribution in [1.82, 2.24) is 19.9 Å². The van der Waals surface area contributed by atoms with Crippen molar-refractivity contribution in [1.29, 1.82) is 0 Å². The number of anilines is 1. The molecule has 4 rings (SSSR count). The molecule has 1 atom stereocenters. The van der Waals surface area contributed by atoms with Crippen LogP contribution in [0.5, 0.6) is 0 Å². The summed E-state index contributed by atoms with van der Waals surface area (Å²) in [6.07, 6.45) is 3.52. The molecule has 0 unspecified atom stereocenters. The van der Waals surface area contributed by atoms with Crippen molar-refractivity contribution in [2.24, 2.45) is 0 Å². The van der Waals surface area contributed by atoms with Crippen molar-refractivity contribution in [3.8, 4) is 11.4 Å². The molecule has 0 aliphatic heterocycles. The molecule has 29 heavy (non-hydrogen) atoms. The minimum absolute atomic E-state index is 0.0965. The van der Waals surface area contributed by atoms with E-state index in [1.807, 2.05) is 54.6 Å². The molecule has 4 aromatic rings. The van der Waals surface area contributed by atoms with E-state index in [-0.39, 0.29) is 6.04 Å². The van der Waals surface area contributed by atoms with Gasteiger partial charge in [-0.15, -0.1) is 0 Å². The number of para-hydroxylation sites is 1. The van der Waals surface area contributed by atoms with Crippen LogP contribution in [0.15, 0.2) is 73.1 Å². The van der Waals surface area contributed by atoms with Gasteiger partial charge in [-0.2, -0.15) is 0 Å². The van der Waals surface area contributed by atoms with Crippen LogP contribution in [0, 0.1) is 0 Å². The first-order valence-electron chi connectivity index (χ1n) is 9.45. The number of nitrogens with zero attached hydrogens (tertiary/aromatic N) is 4. The second-order valence-electron chi connectivity index (χ2n) is 7.04. The zero-order valence-corrected chi connectivity index (χ0v) is 17.1. The SMILES string of the molecule is CN(C)[C@@H](CNc1nc(-c2cccnc2)nc2ccccc12)c1ccccc1Cl. The molecule has 0 aliphatic carbocycles. The molecule has 146 valence electrons. The van der Waals surface area contributed by atoms with E-state index in [2.05, 4.69) is 35.4 Å². The highest BCUT2D eigenvalue weighted by atomic mass is 35.5. The Hall–Kier alpha value is -3.02. The Bertz CT molecular complexity index is 1110. The van der Waals surface area contributed by atoms with Gasteiger partial charge in [-0.05, 0) is 50.0 Å². The number of benzene rings is 2. The first-order chi connectivity index (χ1) is 14.1. The third kappa shape index (κ3) is 4.21. The third-order valence-corrected chi connectivity index (χ3v) is 5.22. The lowest BCUT2D eigenvalue weighted by Gasteiger charge is -2.26. The van der Waals surface area contributed by atoms with Gasteiger partial charge in [-0.1, -0.05) is 41.9 Å². The van der Waals surface area contributed by atoms with Gasteiger partial charge in [0, 0.05) is 34.9 Å². The van der Waals surface area contributed by atoms with Gasteiger partial charge >= 0.3 is 0 Å². The number of hydrogen-bond donors (Lipinski definition) is 1. The maximum Gasteiger partial charge on any atom is 0.163 e. The Kier molecular flexibility index (Phi) is 5.69. The smallest absolute Gasteiger partial charge is 0.163 e. The van der Waals surface area contributed by atoms with Gasteiger partial charge in [0.05, 0.1) is 11.6 Å². The predicted octanol–water partition coefficient (Wildman–Crippen LogP) is 5.06. The number of rotatable bonds is 6. The molecule has 6 heteroatoms. The van der Waals surface area contributed by atoms with Crippen molar-refractivity contribution in [2.75, 3.05) is 26.0 Å². The second-order valence-corrected chi connectivity index (χ2v) is 7.44. The second kappa shape index (κ2) is 8.55. The number of aromatic nitrogens is 3. The highest BCUT2D eigenvalue weighted by molar-refractivity contribution is 6.31. The van der Waals surface area contributed by atoms with Gasteiger partial charge in [0.25, 0.3) is 0 Å². The van der Waals surface area contributed by atoms with Crippen LogP contribution in [0.1, 0.15) is 11.6 Å². The molecule has 0 saturated heterocycles. The van der Waals surface area contributed by atoms with E-state index in [4.69, 9.17) is 21.6 Å². The summed E-state index contributed by atoms with van der Waals surface area (Å²) in [5.41, 5.74) is 2.86. The lowest BCUT2D eigenvalue weighted by molar-refractivity contribution is 0.312. The number of fused-ring (bicyclic) bond motifs is 1. The molecular weight excluding hydrogens is 382 g/mol. The largest absolute Gasteiger partial charge is 0.368 e. The van der Waals surface area contributed by atoms with Gasteiger partial charge in [-0.3, -0.25) is 4.98 Å². The molecular formula is C23H22ClN5. The van der Waals surface area contributed by atoms with Crippen LogP contribution < -0.4 is 5.32 Å². The van der Waals surface area contributed by atoms with Gasteiger partial charge in [-0.25, -0.2) is 9.97 Å². The molecule has 2 aromatic carbocycles. The number of nitrogens with one attached hydrogen (secondary N) is 1. The molecule has 1 N–H and O–H groups in total. The Morgan fingerprint density at radius 3 is 2.52 bits per heavy atom. The Labute approximate surface area is 175 Å². The summed E-state index contributed by atoms with van der Waals surface area (Å²) in [5.74, 6) is 1.45. The lowest BCUT2D eigenvalue weighted by atomic mass is 10.1. The summed E-state index contributed by atoms with van der Waals surface area (Å²) >= 11 is 6.46. The molecule has 2 heterocycles. The van der Waals surface area contributed by atoms with Crippen LogP contribution in [0.25, 0.3) is 22.3 Å². The van der Waals surface area contributed by atoms with Crippen molar-refractivity contribution in [3.05, 3.63) is 83.6 Å². The summed E-state index contributed by atoms with van der Waals surface area (Å²) in [7, 11) is 4.10. The Morgan fingerprint density at radius 2 is 1.76 bits per heavy atom. The highest BCUT2D eigenvalue weighted by Crippen LogP contribution is 2.28. The third-order valence-electron chi connectivity index (χ3n) is 4.87. The number of likely N-dealkylation sites (N-methyl/N-ethyl adjacent to an activating group) is 1. The average Bonchev–Trinajstić information content (AvgIpc) is 2.75. The minimum atomic E-state index is 0.0965. The molecule has 0 fully saturated rings. The molecule has 5 nitrogen and oxygen atoms in total. The van der Waals surface area contributed by atoms with E-state index in [1.54, 1.807) is 12.4 Å². The lowest BCUT2D eigenvalue weighted by Crippen LogP contribution is -2.27. The number of hydrogen-bond acceptors (Lipinski definition) is 5. The monoisotopic (exact) mass is 403 g/mol. The summed E-state index contributed by atoms with van der Waals surface area (Å²) in [5, 5.41) is 5.28. The normalized spacial score (nSPS) is 12.3. The first-order valence-corrected chi connectivity index (χ1v) is 9.83. The standard InChI is InChI=1S/C23H22ClN5/c1-29(2)21(17-9-3-5-11-19(17)24)15-26-23-18-10-4-6-12-20(18)27-22(28-23)16-8-7-13-25-14-16/h3-14,21H,15H2,1-2H3,(H,26,27,28)/t21-/m0/s1. The van der Waals surface area contributed by atoms with Gasteiger partial charge < -0.3 is 10.2 Å². The first kappa shape index (κ1) is 19.3. The fourth-order valence-corrected chi connectivity index (χ4v) is 3.61. The van der Waals surface area contributed by atoms with Crippen LogP contribution >= 0.6 is 11.6 Å². The van der Waals surface area contributed by atoms with Gasteiger partial charge in [0.15, 0.2) is 5.82 Å². The maximum absolute atomic E-state index is 6.46. The summed E-state index contributed by atoms with van der Waals surface area (Å²) in [4.78, 5) is 15.9. The predicted molar refractivity (Wildman–Crippen MR) is 119 cm³/mol. The van der Waals surface area contributed by atoms with Gasteiger partial charge in [0.2, 0.25) is 0 Å². The summed E-state index contributed by atoms with van der Waals surface area (Å²) in [6.45, 7) is 0.657. The van der Waals surface area contributed by atoms with Crippen molar-refractivity contribution in [2.45, 2.75) is 6.04 Å². The molecule has 2 aromatic heterocycles. The fourth-order valence-electron chi connectivity index (χ4n) is 3.34. The topological polar surface area (TPSA) is 53.9 Å². The Morgan fingerprint density at radius 1 is 0.966 bits per heavy atom. The molecule has 0 aliphatic rings. The average molecular weight is 404 g/mol. The van der Waals surface area contributed by atoms with Crippen molar-refractivity contribution >= 4 is 28.3 Å². The van der Waals surface area contributed by atoms with Crippen molar-refractivity contribution in [3.63, 3.8) is 0 Å². The summed E-state index contributed by atoms with van der Waals surface area (Å²) in [6, 6.07) is 19.9.